The molecule has 3 aromatic carbocycles. The maximum absolute atomic E-state index is 12.4. The Morgan fingerprint density at radius 1 is 0.815 bits per heavy atom. The van der Waals surface area contributed by atoms with Gasteiger partial charge in [-0.25, -0.2) is 0 Å². The second-order valence-electron chi connectivity index (χ2n) is 5.74. The summed E-state index contributed by atoms with van der Waals surface area (Å²) in [6.45, 7) is 2.60. The van der Waals surface area contributed by atoms with E-state index in [0.717, 1.165) is 11.4 Å². The van der Waals surface area contributed by atoms with Gasteiger partial charge in [0.05, 0.1) is 24.5 Å². The quantitative estimate of drug-likeness (QED) is 0.597. The van der Waals surface area contributed by atoms with Crippen LogP contribution in [0.4, 0.5) is 11.4 Å². The van der Waals surface area contributed by atoms with Crippen molar-refractivity contribution in [3.05, 3.63) is 78.9 Å². The first-order chi connectivity index (χ1) is 13.3. The molecule has 3 rings (SSSR count). The van der Waals surface area contributed by atoms with Crippen molar-refractivity contribution in [2.45, 2.75) is 6.92 Å². The number of carbonyl (C=O) groups excluding carboxylic acids is 1. The van der Waals surface area contributed by atoms with E-state index in [1.54, 1.807) is 0 Å². The average Bonchev–Trinajstić information content (AvgIpc) is 2.70. The van der Waals surface area contributed by atoms with Crippen molar-refractivity contribution in [1.29, 1.82) is 0 Å². The van der Waals surface area contributed by atoms with E-state index in [2.05, 4.69) is 10.6 Å². The molecule has 0 atom stereocenters. The zero-order valence-corrected chi connectivity index (χ0v) is 15.1. The number of amides is 1. The van der Waals surface area contributed by atoms with Crippen LogP contribution in [-0.2, 0) is 4.79 Å². The van der Waals surface area contributed by atoms with Crippen molar-refractivity contribution >= 4 is 17.3 Å². The van der Waals surface area contributed by atoms with Gasteiger partial charge in [0, 0.05) is 0 Å². The molecule has 0 saturated heterocycles. The lowest BCUT2D eigenvalue weighted by Crippen LogP contribution is -2.22. The predicted molar refractivity (Wildman–Crippen MR) is 108 cm³/mol. The van der Waals surface area contributed by atoms with Crippen LogP contribution in [0.1, 0.15) is 6.92 Å². The fraction of sp³-hybridized carbons (Fsp3) is 0.136. The first kappa shape index (κ1) is 18.3. The summed E-state index contributed by atoms with van der Waals surface area (Å²) < 4.78 is 11.4. The Kier molecular flexibility index (Phi) is 6.30. The highest BCUT2D eigenvalue weighted by Crippen LogP contribution is 2.29. The normalized spacial score (nSPS) is 10.1. The largest absolute Gasteiger partial charge is 0.492 e. The standard InChI is InChI=1S/C22H22N2O3/c1-2-26-20-14-8-6-12-18(20)23-16-22(25)24-19-13-7-9-15-21(19)27-17-10-4-3-5-11-17/h3-15,23H,2,16H2,1H3,(H,24,25). The van der Waals surface area contributed by atoms with E-state index < -0.39 is 0 Å². The monoisotopic (exact) mass is 362 g/mol. The van der Waals surface area contributed by atoms with Crippen LogP contribution in [-0.4, -0.2) is 19.1 Å². The van der Waals surface area contributed by atoms with E-state index in [9.17, 15) is 4.79 Å². The summed E-state index contributed by atoms with van der Waals surface area (Å²) in [6.07, 6.45) is 0. The molecule has 27 heavy (non-hydrogen) atoms. The van der Waals surface area contributed by atoms with Gasteiger partial charge in [-0.05, 0) is 43.3 Å². The third-order valence-corrected chi connectivity index (χ3v) is 3.76. The SMILES string of the molecule is CCOc1ccccc1NCC(=O)Nc1ccccc1Oc1ccccc1. The van der Waals surface area contributed by atoms with Gasteiger partial charge in [-0.15, -0.1) is 0 Å². The Morgan fingerprint density at radius 3 is 2.19 bits per heavy atom. The molecule has 0 saturated carbocycles. The Hall–Kier alpha value is -3.47. The van der Waals surface area contributed by atoms with Gasteiger partial charge in [0.2, 0.25) is 5.91 Å². The number of hydrogen-bond donors (Lipinski definition) is 2. The molecule has 0 fully saturated rings. The minimum Gasteiger partial charge on any atom is -0.492 e. The molecule has 0 aliphatic carbocycles. The zero-order valence-electron chi connectivity index (χ0n) is 15.1. The van der Waals surface area contributed by atoms with Crippen LogP contribution >= 0.6 is 0 Å². The number of carbonyl (C=O) groups is 1. The summed E-state index contributed by atoms with van der Waals surface area (Å²) in [5, 5.41) is 5.99. The summed E-state index contributed by atoms with van der Waals surface area (Å²) in [5.74, 6) is 1.85. The van der Waals surface area contributed by atoms with E-state index in [4.69, 9.17) is 9.47 Å². The second-order valence-corrected chi connectivity index (χ2v) is 5.74. The molecule has 2 N–H and O–H groups in total. The van der Waals surface area contributed by atoms with Crippen molar-refractivity contribution in [2.75, 3.05) is 23.8 Å². The predicted octanol–water partition coefficient (Wildman–Crippen LogP) is 4.93. The minimum absolute atomic E-state index is 0.115. The lowest BCUT2D eigenvalue weighted by atomic mass is 10.2. The number of hydrogen-bond acceptors (Lipinski definition) is 4. The molecule has 0 radical (unpaired) electrons. The summed E-state index contributed by atoms with van der Waals surface area (Å²) in [6, 6.07) is 24.3. The third kappa shape index (κ3) is 5.25. The topological polar surface area (TPSA) is 59.6 Å². The van der Waals surface area contributed by atoms with Crippen LogP contribution in [0.15, 0.2) is 78.9 Å². The van der Waals surface area contributed by atoms with Crippen LogP contribution in [0.5, 0.6) is 17.2 Å². The van der Waals surface area contributed by atoms with Gasteiger partial charge in [-0.1, -0.05) is 42.5 Å². The van der Waals surface area contributed by atoms with E-state index in [-0.39, 0.29) is 12.5 Å². The Balaban J connectivity index is 1.63. The highest BCUT2D eigenvalue weighted by Gasteiger charge is 2.09. The van der Waals surface area contributed by atoms with Crippen LogP contribution in [0.25, 0.3) is 0 Å². The Morgan fingerprint density at radius 2 is 1.44 bits per heavy atom. The molecule has 0 spiro atoms. The molecule has 5 nitrogen and oxygen atoms in total. The van der Waals surface area contributed by atoms with Crippen molar-refractivity contribution in [1.82, 2.24) is 0 Å². The van der Waals surface area contributed by atoms with Crippen molar-refractivity contribution in [3.63, 3.8) is 0 Å². The second kappa shape index (κ2) is 9.29. The van der Waals surface area contributed by atoms with Crippen molar-refractivity contribution < 1.29 is 14.3 Å². The smallest absolute Gasteiger partial charge is 0.243 e. The Labute approximate surface area is 158 Å². The molecule has 3 aromatic rings. The van der Waals surface area contributed by atoms with Gasteiger partial charge in [0.25, 0.3) is 0 Å². The first-order valence-corrected chi connectivity index (χ1v) is 8.83. The molecule has 0 unspecified atom stereocenters. The number of rotatable bonds is 8. The summed E-state index contributed by atoms with van der Waals surface area (Å²) in [7, 11) is 0. The van der Waals surface area contributed by atoms with E-state index in [0.29, 0.717) is 23.8 Å². The Bertz CT molecular complexity index is 881. The van der Waals surface area contributed by atoms with Gasteiger partial charge >= 0.3 is 0 Å². The van der Waals surface area contributed by atoms with E-state index in [1.807, 2.05) is 85.8 Å². The van der Waals surface area contributed by atoms with Gasteiger partial charge < -0.3 is 20.1 Å². The first-order valence-electron chi connectivity index (χ1n) is 8.83. The third-order valence-electron chi connectivity index (χ3n) is 3.76. The highest BCUT2D eigenvalue weighted by atomic mass is 16.5. The van der Waals surface area contributed by atoms with Crippen LogP contribution in [0.2, 0.25) is 0 Å². The number of anilines is 2. The molecule has 0 heterocycles. The molecule has 5 heteroatoms. The fourth-order valence-electron chi connectivity index (χ4n) is 2.54. The molecule has 1 amide bonds. The van der Waals surface area contributed by atoms with Crippen LogP contribution in [0, 0.1) is 0 Å². The van der Waals surface area contributed by atoms with Gasteiger partial charge in [-0.3, -0.25) is 4.79 Å². The maximum Gasteiger partial charge on any atom is 0.243 e. The molecular formula is C22H22N2O3. The lowest BCUT2D eigenvalue weighted by Gasteiger charge is -2.14. The van der Waals surface area contributed by atoms with Gasteiger partial charge in [0.15, 0.2) is 5.75 Å². The molecule has 0 bridgehead atoms. The molecule has 0 aliphatic heterocycles. The maximum atomic E-state index is 12.4. The minimum atomic E-state index is -0.176. The molecule has 0 aliphatic rings. The lowest BCUT2D eigenvalue weighted by molar-refractivity contribution is -0.114. The van der Waals surface area contributed by atoms with Gasteiger partial charge in [-0.2, -0.15) is 0 Å². The van der Waals surface area contributed by atoms with Gasteiger partial charge in [0.1, 0.15) is 11.5 Å². The fourth-order valence-corrected chi connectivity index (χ4v) is 2.54. The van der Waals surface area contributed by atoms with Crippen LogP contribution < -0.4 is 20.1 Å². The van der Waals surface area contributed by atoms with E-state index in [1.165, 1.54) is 0 Å². The molecule has 138 valence electrons. The number of para-hydroxylation sites is 5. The number of benzene rings is 3. The number of ether oxygens (including phenoxy) is 2. The highest BCUT2D eigenvalue weighted by molar-refractivity contribution is 5.95. The zero-order chi connectivity index (χ0) is 18.9. The summed E-state index contributed by atoms with van der Waals surface area (Å²) in [5.41, 5.74) is 1.40. The molecule has 0 aromatic heterocycles. The summed E-state index contributed by atoms with van der Waals surface area (Å²) in [4.78, 5) is 12.4. The summed E-state index contributed by atoms with van der Waals surface area (Å²) >= 11 is 0. The number of nitrogens with one attached hydrogen (secondary N) is 2. The molecular weight excluding hydrogens is 340 g/mol. The van der Waals surface area contributed by atoms with Crippen LogP contribution in [0.3, 0.4) is 0 Å². The van der Waals surface area contributed by atoms with Crippen molar-refractivity contribution in [3.8, 4) is 17.2 Å². The van der Waals surface area contributed by atoms with Crippen molar-refractivity contribution in [2.24, 2.45) is 0 Å². The average molecular weight is 362 g/mol. The van der Waals surface area contributed by atoms with E-state index >= 15 is 0 Å².